The lowest BCUT2D eigenvalue weighted by Crippen LogP contribution is -2.32. The molecule has 1 N–H and O–H groups in total. The van der Waals surface area contributed by atoms with Gasteiger partial charge in [0, 0.05) is 5.92 Å². The van der Waals surface area contributed by atoms with Gasteiger partial charge in [0.05, 0.1) is 6.10 Å². The van der Waals surface area contributed by atoms with Crippen LogP contribution in [0.3, 0.4) is 0 Å². The van der Waals surface area contributed by atoms with Gasteiger partial charge in [0.15, 0.2) is 0 Å². The van der Waals surface area contributed by atoms with Crippen LogP contribution < -0.4 is 0 Å². The molecule has 22 heavy (non-hydrogen) atoms. The van der Waals surface area contributed by atoms with Gasteiger partial charge in [-0.2, -0.15) is 0 Å². The fourth-order valence-corrected chi connectivity index (χ4v) is 2.98. The molecule has 0 saturated carbocycles. The fraction of sp³-hybridized carbons (Fsp3) is 0.450. The summed E-state index contributed by atoms with van der Waals surface area (Å²) in [6.45, 7) is 10.4. The Balaban J connectivity index is 2.80. The molecule has 0 saturated heterocycles. The van der Waals surface area contributed by atoms with Crippen LogP contribution in [0.1, 0.15) is 41.0 Å². The first-order chi connectivity index (χ1) is 10.3. The number of hydrogen-bond acceptors (Lipinski definition) is 2. The lowest BCUT2D eigenvalue weighted by atomic mass is 9.67. The molecule has 0 fully saturated rings. The van der Waals surface area contributed by atoms with Crippen LogP contribution >= 0.6 is 0 Å². The number of aldehydes is 1. The third-order valence-electron chi connectivity index (χ3n) is 4.12. The zero-order valence-corrected chi connectivity index (χ0v) is 14.3. The molecule has 0 aromatic rings. The SMILES string of the molecule is CC(C=CC=C(C)C=CC1C(C)=CC(O)CC1(C)C)=CC=O. The second-order valence-corrected chi connectivity index (χ2v) is 6.82. The van der Waals surface area contributed by atoms with Crippen LogP contribution in [0.4, 0.5) is 0 Å². The normalized spacial score (nSPS) is 26.5. The number of carbonyl (C=O) groups is 1. The molecule has 2 heteroatoms. The minimum atomic E-state index is -0.327. The van der Waals surface area contributed by atoms with Gasteiger partial charge in [-0.3, -0.25) is 4.79 Å². The molecule has 120 valence electrons. The van der Waals surface area contributed by atoms with Crippen molar-refractivity contribution in [3.8, 4) is 0 Å². The van der Waals surface area contributed by atoms with Crippen molar-refractivity contribution in [1.82, 2.24) is 0 Å². The van der Waals surface area contributed by atoms with Crippen LogP contribution in [0.5, 0.6) is 0 Å². The molecular weight excluding hydrogens is 272 g/mol. The van der Waals surface area contributed by atoms with E-state index in [-0.39, 0.29) is 11.5 Å². The fourth-order valence-electron chi connectivity index (χ4n) is 2.98. The third-order valence-corrected chi connectivity index (χ3v) is 4.12. The first kappa shape index (κ1) is 18.4. The topological polar surface area (TPSA) is 37.3 Å². The van der Waals surface area contributed by atoms with Gasteiger partial charge >= 0.3 is 0 Å². The summed E-state index contributed by atoms with van der Waals surface area (Å²) in [5.41, 5.74) is 3.39. The molecule has 0 aromatic heterocycles. The maximum atomic E-state index is 10.3. The first-order valence-corrected chi connectivity index (χ1v) is 7.78. The summed E-state index contributed by atoms with van der Waals surface area (Å²) in [5.74, 6) is 0.347. The predicted octanol–water partition coefficient (Wildman–Crippen LogP) is 4.54. The molecular formula is C20H28O2. The van der Waals surface area contributed by atoms with Crippen molar-refractivity contribution in [1.29, 1.82) is 0 Å². The Morgan fingerprint density at radius 1 is 1.23 bits per heavy atom. The van der Waals surface area contributed by atoms with Crippen molar-refractivity contribution in [3.63, 3.8) is 0 Å². The highest BCUT2D eigenvalue weighted by molar-refractivity contribution is 5.66. The number of allylic oxidation sites excluding steroid dienone is 9. The number of rotatable bonds is 5. The van der Waals surface area contributed by atoms with Gasteiger partial charge in [-0.25, -0.2) is 0 Å². The smallest absolute Gasteiger partial charge is 0.143 e. The summed E-state index contributed by atoms with van der Waals surface area (Å²) in [7, 11) is 0. The molecule has 0 spiro atoms. The first-order valence-electron chi connectivity index (χ1n) is 7.78. The van der Waals surface area contributed by atoms with Crippen LogP contribution in [0.15, 0.2) is 59.3 Å². The van der Waals surface area contributed by atoms with Crippen molar-refractivity contribution in [2.75, 3.05) is 0 Å². The van der Waals surface area contributed by atoms with Gasteiger partial charge < -0.3 is 5.11 Å². The quantitative estimate of drug-likeness (QED) is 0.350. The van der Waals surface area contributed by atoms with E-state index in [1.165, 1.54) is 5.57 Å². The number of hydrogen-bond donors (Lipinski definition) is 1. The van der Waals surface area contributed by atoms with Gasteiger partial charge in [0.2, 0.25) is 0 Å². The highest BCUT2D eigenvalue weighted by Crippen LogP contribution is 2.41. The monoisotopic (exact) mass is 300 g/mol. The van der Waals surface area contributed by atoms with Crippen molar-refractivity contribution in [2.24, 2.45) is 11.3 Å². The molecule has 2 atom stereocenters. The second kappa shape index (κ2) is 8.09. The van der Waals surface area contributed by atoms with E-state index in [4.69, 9.17) is 0 Å². The number of aliphatic hydroxyl groups is 1. The largest absolute Gasteiger partial charge is 0.389 e. The Morgan fingerprint density at radius 3 is 2.45 bits per heavy atom. The standard InChI is InChI=1S/C20H28O2/c1-15(7-6-8-16(2)11-12-21)9-10-19-17(3)13-18(22)14-20(19,4)5/h6-13,18-19,22H,14H2,1-5H3. The van der Waals surface area contributed by atoms with E-state index in [0.29, 0.717) is 5.92 Å². The van der Waals surface area contributed by atoms with E-state index in [2.05, 4.69) is 39.8 Å². The number of carbonyl (C=O) groups excluding carboxylic acids is 1. The Kier molecular flexibility index (Phi) is 6.76. The zero-order chi connectivity index (χ0) is 16.8. The Bertz CT molecular complexity index is 542. The molecule has 1 aliphatic rings. The lowest BCUT2D eigenvalue weighted by molar-refractivity contribution is -0.104. The highest BCUT2D eigenvalue weighted by Gasteiger charge is 2.34. The third kappa shape index (κ3) is 5.61. The zero-order valence-electron chi connectivity index (χ0n) is 14.3. The summed E-state index contributed by atoms with van der Waals surface area (Å²) in [6, 6.07) is 0. The van der Waals surface area contributed by atoms with Gasteiger partial charge in [-0.15, -0.1) is 0 Å². The van der Waals surface area contributed by atoms with Crippen molar-refractivity contribution in [3.05, 3.63) is 59.3 Å². The van der Waals surface area contributed by atoms with Gasteiger partial charge in [0.1, 0.15) is 6.29 Å². The van der Waals surface area contributed by atoms with Crippen molar-refractivity contribution >= 4 is 6.29 Å². The van der Waals surface area contributed by atoms with Crippen LogP contribution in [-0.4, -0.2) is 17.5 Å². The molecule has 2 nitrogen and oxygen atoms in total. The highest BCUT2D eigenvalue weighted by atomic mass is 16.3. The van der Waals surface area contributed by atoms with Crippen LogP contribution in [0.2, 0.25) is 0 Å². The summed E-state index contributed by atoms with van der Waals surface area (Å²) in [5, 5.41) is 9.87. The maximum Gasteiger partial charge on any atom is 0.143 e. The molecule has 1 aliphatic carbocycles. The van der Waals surface area contributed by atoms with Crippen molar-refractivity contribution < 1.29 is 9.90 Å². The Labute approximate surface area is 134 Å². The Morgan fingerprint density at radius 2 is 1.86 bits per heavy atom. The molecule has 0 heterocycles. The minimum Gasteiger partial charge on any atom is -0.389 e. The van der Waals surface area contributed by atoms with Crippen LogP contribution in [-0.2, 0) is 4.79 Å². The minimum absolute atomic E-state index is 0.0636. The molecule has 0 aliphatic heterocycles. The average Bonchev–Trinajstić information content (AvgIpc) is 2.36. The van der Waals surface area contributed by atoms with E-state index < -0.39 is 0 Å². The molecule has 0 bridgehead atoms. The number of aliphatic hydroxyl groups excluding tert-OH is 1. The van der Waals surface area contributed by atoms with Gasteiger partial charge in [0.25, 0.3) is 0 Å². The summed E-state index contributed by atoms with van der Waals surface area (Å²) < 4.78 is 0. The van der Waals surface area contributed by atoms with E-state index in [9.17, 15) is 9.90 Å². The van der Waals surface area contributed by atoms with Gasteiger partial charge in [-0.05, 0) is 44.3 Å². The molecule has 0 amide bonds. The summed E-state index contributed by atoms with van der Waals surface area (Å²) in [4.78, 5) is 10.3. The van der Waals surface area contributed by atoms with Crippen LogP contribution in [0, 0.1) is 11.3 Å². The molecule has 2 unspecified atom stereocenters. The molecule has 0 radical (unpaired) electrons. The predicted molar refractivity (Wildman–Crippen MR) is 93.5 cm³/mol. The summed E-state index contributed by atoms with van der Waals surface area (Å²) in [6.07, 6.45) is 15.0. The van der Waals surface area contributed by atoms with Gasteiger partial charge in [-0.1, -0.05) is 61.4 Å². The average molecular weight is 300 g/mol. The second-order valence-electron chi connectivity index (χ2n) is 6.82. The van der Waals surface area contributed by atoms with E-state index in [0.717, 1.165) is 23.9 Å². The molecule has 1 rings (SSSR count). The van der Waals surface area contributed by atoms with Crippen LogP contribution in [0.25, 0.3) is 0 Å². The van der Waals surface area contributed by atoms with E-state index in [1.54, 1.807) is 6.08 Å². The Hall–Kier alpha value is -1.67. The molecule has 0 aromatic carbocycles. The maximum absolute atomic E-state index is 10.3. The van der Waals surface area contributed by atoms with Crippen molar-refractivity contribution in [2.45, 2.75) is 47.1 Å². The van der Waals surface area contributed by atoms with E-state index in [1.807, 2.05) is 31.2 Å². The van der Waals surface area contributed by atoms with E-state index >= 15 is 0 Å². The summed E-state index contributed by atoms with van der Waals surface area (Å²) >= 11 is 0. The lowest BCUT2D eigenvalue weighted by Gasteiger charge is -2.38.